The average Bonchev–Trinajstić information content (AvgIpc) is 2.28. The van der Waals surface area contributed by atoms with E-state index < -0.39 is 0 Å². The first-order valence-electron chi connectivity index (χ1n) is 4.76. The normalized spacial score (nSPS) is 7.67. The van der Waals surface area contributed by atoms with Crippen LogP contribution >= 0.6 is 0 Å². The zero-order chi connectivity index (χ0) is 14.6. The Kier molecular flexibility index (Phi) is 10.9. The SMILES string of the molecule is C=[N+](C)[O-].C=[N+](C)[O-].O=Cc1ccc(C=O)cc1. The van der Waals surface area contributed by atoms with Gasteiger partial charge in [0.2, 0.25) is 0 Å². The molecule has 1 rings (SSSR count). The summed E-state index contributed by atoms with van der Waals surface area (Å²) in [6.07, 6.45) is 1.49. The number of nitrogens with zero attached hydrogens (tertiary/aromatic N) is 2. The molecule has 0 fully saturated rings. The van der Waals surface area contributed by atoms with Gasteiger partial charge in [-0.1, -0.05) is 24.3 Å². The van der Waals surface area contributed by atoms with Gasteiger partial charge in [0.1, 0.15) is 40.1 Å². The molecule has 0 aliphatic carbocycles. The van der Waals surface area contributed by atoms with Gasteiger partial charge in [0.15, 0.2) is 0 Å². The number of carbonyl (C=O) groups is 2. The molecular formula is C12H16N2O4. The van der Waals surface area contributed by atoms with E-state index in [0.29, 0.717) is 20.6 Å². The highest BCUT2D eigenvalue weighted by atomic mass is 16.5. The first-order valence-corrected chi connectivity index (χ1v) is 4.76. The highest BCUT2D eigenvalue weighted by Gasteiger charge is 1.88. The molecule has 0 spiro atoms. The van der Waals surface area contributed by atoms with Gasteiger partial charge in [-0.2, -0.15) is 0 Å². The Hall–Kier alpha value is -2.50. The van der Waals surface area contributed by atoms with Crippen molar-refractivity contribution in [3.05, 3.63) is 45.8 Å². The zero-order valence-corrected chi connectivity index (χ0v) is 10.4. The van der Waals surface area contributed by atoms with Crippen LogP contribution in [0.1, 0.15) is 20.7 Å². The summed E-state index contributed by atoms with van der Waals surface area (Å²) in [5.41, 5.74) is 1.18. The molecule has 0 saturated carbocycles. The molecule has 6 heteroatoms. The predicted octanol–water partition coefficient (Wildman–Crippen LogP) is 0.966. The second kappa shape index (κ2) is 11.0. The van der Waals surface area contributed by atoms with Crippen LogP contribution in [-0.2, 0) is 0 Å². The highest BCUT2D eigenvalue weighted by molar-refractivity contribution is 5.79. The summed E-state index contributed by atoms with van der Waals surface area (Å²) in [4.78, 5) is 20.2. The largest absolute Gasteiger partial charge is 0.624 e. The van der Waals surface area contributed by atoms with Gasteiger partial charge in [0.05, 0.1) is 0 Å². The first-order chi connectivity index (χ1) is 8.33. The number of hydrogen-bond acceptors (Lipinski definition) is 4. The van der Waals surface area contributed by atoms with Crippen molar-refractivity contribution in [1.29, 1.82) is 0 Å². The predicted molar refractivity (Wildman–Crippen MR) is 70.6 cm³/mol. The fraction of sp³-hybridized carbons (Fsp3) is 0.167. The Morgan fingerprint density at radius 1 is 0.889 bits per heavy atom. The summed E-state index contributed by atoms with van der Waals surface area (Å²) in [6.45, 7) is 5.83. The van der Waals surface area contributed by atoms with E-state index in [1.165, 1.54) is 14.1 Å². The lowest BCUT2D eigenvalue weighted by Gasteiger charge is -1.88. The second-order valence-corrected chi connectivity index (χ2v) is 3.16. The van der Waals surface area contributed by atoms with Gasteiger partial charge in [-0.3, -0.25) is 9.59 Å². The quantitative estimate of drug-likeness (QED) is 0.258. The Morgan fingerprint density at radius 3 is 1.17 bits per heavy atom. The zero-order valence-electron chi connectivity index (χ0n) is 10.4. The molecular weight excluding hydrogens is 236 g/mol. The standard InChI is InChI=1S/C8H6O2.2C2H5NO/c9-5-7-1-2-8(6-10)4-3-7;2*1-3(2)4/h1-6H;2*1H2,2H3. The van der Waals surface area contributed by atoms with Crippen LogP contribution in [0.25, 0.3) is 0 Å². The number of benzene rings is 1. The molecule has 0 bridgehead atoms. The van der Waals surface area contributed by atoms with Crippen LogP contribution < -0.4 is 0 Å². The van der Waals surface area contributed by atoms with Crippen molar-refractivity contribution in [3.63, 3.8) is 0 Å². The maximum atomic E-state index is 10.1. The van der Waals surface area contributed by atoms with E-state index >= 15 is 0 Å². The van der Waals surface area contributed by atoms with Crippen molar-refractivity contribution in [1.82, 2.24) is 0 Å². The summed E-state index contributed by atoms with van der Waals surface area (Å²) >= 11 is 0. The van der Waals surface area contributed by atoms with E-state index in [-0.39, 0.29) is 0 Å². The third kappa shape index (κ3) is 15.9. The second-order valence-electron chi connectivity index (χ2n) is 3.16. The summed E-state index contributed by atoms with van der Waals surface area (Å²) in [5.74, 6) is 0. The fourth-order valence-corrected chi connectivity index (χ4v) is 0.653. The van der Waals surface area contributed by atoms with Crippen LogP contribution in [0.5, 0.6) is 0 Å². The molecule has 1 aromatic carbocycles. The van der Waals surface area contributed by atoms with Crippen molar-refractivity contribution in [2.75, 3.05) is 14.1 Å². The van der Waals surface area contributed by atoms with Crippen LogP contribution in [-0.4, -0.2) is 49.6 Å². The lowest BCUT2D eigenvalue weighted by Crippen LogP contribution is -1.82. The number of aldehydes is 2. The topological polar surface area (TPSA) is 86.3 Å². The molecule has 0 radical (unpaired) electrons. The summed E-state index contributed by atoms with van der Waals surface area (Å²) < 4.78 is 1.00. The van der Waals surface area contributed by atoms with Gasteiger partial charge in [-0.15, -0.1) is 0 Å². The van der Waals surface area contributed by atoms with E-state index in [4.69, 9.17) is 0 Å². The molecule has 0 aliphatic rings. The minimum Gasteiger partial charge on any atom is -0.624 e. The van der Waals surface area contributed by atoms with Crippen molar-refractivity contribution in [2.24, 2.45) is 0 Å². The van der Waals surface area contributed by atoms with Crippen LogP contribution in [0.15, 0.2) is 24.3 Å². The minimum atomic E-state index is 0.500. The minimum absolute atomic E-state index is 0.500. The number of carbonyl (C=O) groups excluding carboxylic acids is 2. The molecule has 0 aliphatic heterocycles. The monoisotopic (exact) mass is 252 g/mol. The van der Waals surface area contributed by atoms with E-state index in [1.54, 1.807) is 24.3 Å². The molecule has 0 N–H and O–H groups in total. The molecule has 0 atom stereocenters. The van der Waals surface area contributed by atoms with E-state index in [2.05, 4.69) is 13.4 Å². The van der Waals surface area contributed by atoms with Crippen molar-refractivity contribution >= 4 is 26.0 Å². The summed E-state index contributed by atoms with van der Waals surface area (Å²) in [5, 5.41) is 18.5. The third-order valence-electron chi connectivity index (χ3n) is 1.21. The Bertz CT molecular complexity index is 352. The van der Waals surface area contributed by atoms with E-state index in [1.807, 2.05) is 0 Å². The van der Waals surface area contributed by atoms with Gasteiger partial charge in [0.25, 0.3) is 0 Å². The van der Waals surface area contributed by atoms with Crippen LogP contribution in [0.2, 0.25) is 0 Å². The first kappa shape index (κ1) is 17.9. The molecule has 0 unspecified atom stereocenters. The van der Waals surface area contributed by atoms with Gasteiger partial charge in [0, 0.05) is 11.1 Å². The molecule has 18 heavy (non-hydrogen) atoms. The van der Waals surface area contributed by atoms with Crippen LogP contribution in [0.4, 0.5) is 0 Å². The Morgan fingerprint density at radius 2 is 1.06 bits per heavy atom. The van der Waals surface area contributed by atoms with Gasteiger partial charge >= 0.3 is 0 Å². The molecule has 6 nitrogen and oxygen atoms in total. The van der Waals surface area contributed by atoms with Crippen molar-refractivity contribution in [2.45, 2.75) is 0 Å². The molecule has 0 aromatic heterocycles. The highest BCUT2D eigenvalue weighted by Crippen LogP contribution is 1.98. The maximum absolute atomic E-state index is 10.1. The molecule has 0 amide bonds. The third-order valence-corrected chi connectivity index (χ3v) is 1.21. The number of hydrogen-bond donors (Lipinski definition) is 0. The van der Waals surface area contributed by atoms with Gasteiger partial charge in [-0.25, -0.2) is 9.48 Å². The van der Waals surface area contributed by atoms with E-state index in [0.717, 1.165) is 12.6 Å². The van der Waals surface area contributed by atoms with Crippen molar-refractivity contribution < 1.29 is 19.1 Å². The lowest BCUT2D eigenvalue weighted by molar-refractivity contribution is -0.412. The van der Waals surface area contributed by atoms with Crippen LogP contribution in [0, 0.1) is 10.4 Å². The maximum Gasteiger partial charge on any atom is 0.150 e. The Balaban J connectivity index is 0. The fourth-order valence-electron chi connectivity index (χ4n) is 0.653. The number of hydroxylamine groups is 2. The number of rotatable bonds is 2. The van der Waals surface area contributed by atoms with Crippen molar-refractivity contribution in [3.8, 4) is 0 Å². The van der Waals surface area contributed by atoms with Gasteiger partial charge in [-0.05, 0) is 0 Å². The Labute approximate surface area is 106 Å². The van der Waals surface area contributed by atoms with E-state index in [9.17, 15) is 20.0 Å². The molecule has 1 aromatic rings. The smallest absolute Gasteiger partial charge is 0.150 e. The average molecular weight is 252 g/mol. The molecule has 0 saturated heterocycles. The summed E-state index contributed by atoms with van der Waals surface area (Å²) in [7, 11) is 2.67. The molecule has 0 heterocycles. The lowest BCUT2D eigenvalue weighted by atomic mass is 10.2. The van der Waals surface area contributed by atoms with Gasteiger partial charge < -0.3 is 10.4 Å². The molecule has 98 valence electrons. The van der Waals surface area contributed by atoms with Crippen LogP contribution in [0.3, 0.4) is 0 Å². The summed E-state index contributed by atoms with van der Waals surface area (Å²) in [6, 6.07) is 6.43.